The second-order valence-electron chi connectivity index (χ2n) is 5.34. The number of carbonyl (C=O) groups excluding carboxylic acids is 1. The fraction of sp³-hybridized carbons (Fsp3) is 0.643. The van der Waals surface area contributed by atoms with Crippen molar-refractivity contribution in [1.29, 1.82) is 0 Å². The van der Waals surface area contributed by atoms with Crippen LogP contribution in [0.4, 0.5) is 0 Å². The first-order chi connectivity index (χ1) is 8.06. The summed E-state index contributed by atoms with van der Waals surface area (Å²) in [5.41, 5.74) is 3.41. The Bertz CT molecular complexity index is 400. The van der Waals surface area contributed by atoms with Crippen molar-refractivity contribution < 1.29 is 4.79 Å². The first kappa shape index (κ1) is 12.2. The van der Waals surface area contributed by atoms with Crippen molar-refractivity contribution in [2.45, 2.75) is 40.0 Å². The molecule has 1 aliphatic heterocycles. The molecule has 1 fully saturated rings. The van der Waals surface area contributed by atoms with E-state index in [0.29, 0.717) is 6.42 Å². The fourth-order valence-electron chi connectivity index (χ4n) is 2.50. The van der Waals surface area contributed by atoms with Gasteiger partial charge >= 0.3 is 0 Å². The summed E-state index contributed by atoms with van der Waals surface area (Å²) in [6.07, 6.45) is 2.85. The Labute approximate surface area is 103 Å². The van der Waals surface area contributed by atoms with Crippen LogP contribution in [-0.4, -0.2) is 28.9 Å². The van der Waals surface area contributed by atoms with Crippen molar-refractivity contribution in [3.63, 3.8) is 0 Å². The molecule has 94 valence electrons. The smallest absolute Gasteiger partial charge is 0.227 e. The lowest BCUT2D eigenvalue weighted by Gasteiger charge is -2.30. The molecule has 3 nitrogen and oxygen atoms in total. The van der Waals surface area contributed by atoms with Gasteiger partial charge in [0.05, 0.1) is 6.42 Å². The molecule has 0 saturated carbocycles. The van der Waals surface area contributed by atoms with Crippen LogP contribution in [0.3, 0.4) is 0 Å². The Morgan fingerprint density at radius 2 is 2.06 bits per heavy atom. The lowest BCUT2D eigenvalue weighted by atomic mass is 9.98. The summed E-state index contributed by atoms with van der Waals surface area (Å²) in [5.74, 6) is 1.05. The van der Waals surface area contributed by atoms with Crippen molar-refractivity contribution in [3.05, 3.63) is 23.0 Å². The van der Waals surface area contributed by atoms with Crippen molar-refractivity contribution in [1.82, 2.24) is 9.88 Å². The lowest BCUT2D eigenvalue weighted by Crippen LogP contribution is -2.38. The molecule has 0 radical (unpaired) electrons. The minimum absolute atomic E-state index is 0.277. The number of aromatic amines is 1. The molecule has 1 aromatic rings. The number of piperidine rings is 1. The topological polar surface area (TPSA) is 36.1 Å². The minimum Gasteiger partial charge on any atom is -0.362 e. The Hall–Kier alpha value is -1.25. The summed E-state index contributed by atoms with van der Waals surface area (Å²) in [5, 5.41) is 0. The number of likely N-dealkylation sites (tertiary alicyclic amines) is 1. The van der Waals surface area contributed by atoms with Gasteiger partial charge in [-0.2, -0.15) is 0 Å². The molecule has 1 aromatic heterocycles. The third-order valence-corrected chi connectivity index (χ3v) is 3.74. The zero-order valence-electron chi connectivity index (χ0n) is 11.0. The summed E-state index contributed by atoms with van der Waals surface area (Å²) < 4.78 is 0. The fourth-order valence-corrected chi connectivity index (χ4v) is 2.50. The molecule has 0 unspecified atom stereocenters. The van der Waals surface area contributed by atoms with E-state index in [1.165, 1.54) is 0 Å². The predicted molar refractivity (Wildman–Crippen MR) is 68.9 cm³/mol. The van der Waals surface area contributed by atoms with Gasteiger partial charge in [-0.15, -0.1) is 0 Å². The first-order valence-electron chi connectivity index (χ1n) is 6.49. The molecular weight excluding hydrogens is 212 g/mol. The van der Waals surface area contributed by atoms with Crippen LogP contribution in [0.2, 0.25) is 0 Å². The number of hydrogen-bond acceptors (Lipinski definition) is 1. The number of hydrogen-bond donors (Lipinski definition) is 1. The molecule has 2 heterocycles. The third kappa shape index (κ3) is 2.90. The van der Waals surface area contributed by atoms with Gasteiger partial charge in [0.15, 0.2) is 0 Å². The van der Waals surface area contributed by atoms with Gasteiger partial charge in [0.1, 0.15) is 0 Å². The highest BCUT2D eigenvalue weighted by molar-refractivity contribution is 5.79. The van der Waals surface area contributed by atoms with Crippen LogP contribution >= 0.6 is 0 Å². The number of H-pyrrole nitrogens is 1. The molecule has 2 rings (SSSR count). The number of nitrogens with zero attached hydrogens (tertiary/aromatic N) is 1. The summed E-state index contributed by atoms with van der Waals surface area (Å²) in [6, 6.07) is 2.08. The van der Waals surface area contributed by atoms with Gasteiger partial charge in [0.25, 0.3) is 0 Å². The SMILES string of the molecule is Cc1cc(CC(=O)N2CCC(C)CC2)c(C)[nH]1. The highest BCUT2D eigenvalue weighted by Crippen LogP contribution is 2.18. The molecule has 1 aliphatic rings. The quantitative estimate of drug-likeness (QED) is 0.838. The number of carbonyl (C=O) groups is 1. The molecule has 0 aliphatic carbocycles. The zero-order chi connectivity index (χ0) is 12.4. The van der Waals surface area contributed by atoms with E-state index in [-0.39, 0.29) is 5.91 Å². The molecule has 0 bridgehead atoms. The van der Waals surface area contributed by atoms with Crippen molar-refractivity contribution in [3.8, 4) is 0 Å². The summed E-state index contributed by atoms with van der Waals surface area (Å²) in [6.45, 7) is 8.20. The van der Waals surface area contributed by atoms with E-state index >= 15 is 0 Å². The number of aromatic nitrogens is 1. The van der Waals surface area contributed by atoms with Crippen molar-refractivity contribution in [2.75, 3.05) is 13.1 Å². The maximum Gasteiger partial charge on any atom is 0.227 e. The minimum atomic E-state index is 0.277. The molecule has 0 aromatic carbocycles. The third-order valence-electron chi connectivity index (χ3n) is 3.74. The van der Waals surface area contributed by atoms with Crippen molar-refractivity contribution in [2.24, 2.45) is 5.92 Å². The molecule has 3 heteroatoms. The molecular formula is C14H22N2O. The molecule has 0 spiro atoms. The molecule has 1 N–H and O–H groups in total. The van der Waals surface area contributed by atoms with Gasteiger partial charge < -0.3 is 9.88 Å². The average Bonchev–Trinajstić information content (AvgIpc) is 2.58. The van der Waals surface area contributed by atoms with E-state index in [4.69, 9.17) is 0 Å². The standard InChI is InChI=1S/C14H22N2O/c1-10-4-6-16(7-5-10)14(17)9-13-8-11(2)15-12(13)3/h8,10,15H,4-7,9H2,1-3H3. The van der Waals surface area contributed by atoms with E-state index in [1.54, 1.807) is 0 Å². The second kappa shape index (κ2) is 4.94. The van der Waals surface area contributed by atoms with Crippen LogP contribution in [0, 0.1) is 19.8 Å². The monoisotopic (exact) mass is 234 g/mol. The van der Waals surface area contributed by atoms with E-state index in [1.807, 2.05) is 18.7 Å². The highest BCUT2D eigenvalue weighted by Gasteiger charge is 2.20. The average molecular weight is 234 g/mol. The molecule has 17 heavy (non-hydrogen) atoms. The van der Waals surface area contributed by atoms with Crippen LogP contribution in [-0.2, 0) is 11.2 Å². The predicted octanol–water partition coefficient (Wildman–Crippen LogP) is 2.43. The van der Waals surface area contributed by atoms with Crippen LogP contribution in [0.5, 0.6) is 0 Å². The Morgan fingerprint density at radius 3 is 2.59 bits per heavy atom. The number of amides is 1. The van der Waals surface area contributed by atoms with Crippen molar-refractivity contribution >= 4 is 5.91 Å². The summed E-state index contributed by atoms with van der Waals surface area (Å²) in [7, 11) is 0. The lowest BCUT2D eigenvalue weighted by molar-refractivity contribution is -0.131. The normalized spacial score (nSPS) is 17.5. The van der Waals surface area contributed by atoms with Gasteiger partial charge in [-0.05, 0) is 44.2 Å². The van der Waals surface area contributed by atoms with Crippen LogP contribution in [0.1, 0.15) is 36.7 Å². The van der Waals surface area contributed by atoms with Crippen LogP contribution < -0.4 is 0 Å². The highest BCUT2D eigenvalue weighted by atomic mass is 16.2. The Balaban J connectivity index is 1.95. The second-order valence-corrected chi connectivity index (χ2v) is 5.34. The van der Waals surface area contributed by atoms with E-state index in [0.717, 1.165) is 48.8 Å². The number of aryl methyl sites for hydroxylation is 2. The maximum absolute atomic E-state index is 12.1. The molecule has 1 amide bonds. The number of nitrogens with one attached hydrogen (secondary N) is 1. The van der Waals surface area contributed by atoms with E-state index < -0.39 is 0 Å². The van der Waals surface area contributed by atoms with Crippen LogP contribution in [0.25, 0.3) is 0 Å². The van der Waals surface area contributed by atoms with E-state index in [2.05, 4.69) is 18.0 Å². The maximum atomic E-state index is 12.1. The Morgan fingerprint density at radius 1 is 1.41 bits per heavy atom. The van der Waals surface area contributed by atoms with Gasteiger partial charge in [0.2, 0.25) is 5.91 Å². The molecule has 1 saturated heterocycles. The van der Waals surface area contributed by atoms with Gasteiger partial charge in [0, 0.05) is 24.5 Å². The Kier molecular flexibility index (Phi) is 3.55. The summed E-state index contributed by atoms with van der Waals surface area (Å²) >= 11 is 0. The zero-order valence-corrected chi connectivity index (χ0v) is 11.0. The van der Waals surface area contributed by atoms with Crippen LogP contribution in [0.15, 0.2) is 6.07 Å². The van der Waals surface area contributed by atoms with Gasteiger partial charge in [-0.3, -0.25) is 4.79 Å². The first-order valence-corrected chi connectivity index (χ1v) is 6.49. The molecule has 0 atom stereocenters. The summed E-state index contributed by atoms with van der Waals surface area (Å²) in [4.78, 5) is 17.4. The number of rotatable bonds is 2. The van der Waals surface area contributed by atoms with Gasteiger partial charge in [-0.1, -0.05) is 6.92 Å². The largest absolute Gasteiger partial charge is 0.362 e. The van der Waals surface area contributed by atoms with E-state index in [9.17, 15) is 4.79 Å². The van der Waals surface area contributed by atoms with Gasteiger partial charge in [-0.25, -0.2) is 0 Å².